The number of amides is 1. The predicted molar refractivity (Wildman–Crippen MR) is 92.1 cm³/mol. The number of nitrogens with one attached hydrogen (secondary N) is 1. The first kappa shape index (κ1) is 15.9. The Morgan fingerprint density at radius 2 is 2.09 bits per heavy atom. The van der Waals surface area contributed by atoms with Gasteiger partial charge in [0.1, 0.15) is 5.75 Å². The molecule has 1 aliphatic rings. The van der Waals surface area contributed by atoms with E-state index >= 15 is 0 Å². The van der Waals surface area contributed by atoms with Gasteiger partial charge in [-0.3, -0.25) is 4.79 Å². The molecular weight excluding hydrogens is 310 g/mol. The fourth-order valence-electron chi connectivity index (χ4n) is 2.92. The van der Waals surface area contributed by atoms with Crippen LogP contribution in [-0.2, 0) is 11.2 Å². The van der Waals surface area contributed by atoms with Gasteiger partial charge in [-0.15, -0.1) is 0 Å². The second kappa shape index (κ2) is 7.05. The number of ether oxygens (including phenoxy) is 1. The van der Waals surface area contributed by atoms with Crippen molar-refractivity contribution in [2.24, 2.45) is 0 Å². The highest BCUT2D eigenvalue weighted by Gasteiger charge is 2.29. The van der Waals surface area contributed by atoms with E-state index in [-0.39, 0.29) is 5.91 Å². The first-order chi connectivity index (χ1) is 11.2. The summed E-state index contributed by atoms with van der Waals surface area (Å²) in [5, 5.41) is 3.70. The molecule has 1 aliphatic heterocycles. The minimum absolute atomic E-state index is 0.0632. The lowest BCUT2D eigenvalue weighted by Gasteiger charge is -2.18. The zero-order valence-electron chi connectivity index (χ0n) is 13.1. The fraction of sp³-hybridized carbons (Fsp3) is 0.316. The van der Waals surface area contributed by atoms with Crippen molar-refractivity contribution in [1.29, 1.82) is 0 Å². The van der Waals surface area contributed by atoms with Gasteiger partial charge in [0, 0.05) is 23.9 Å². The third-order valence-corrected chi connectivity index (χ3v) is 4.51. The van der Waals surface area contributed by atoms with Gasteiger partial charge in [-0.25, -0.2) is 0 Å². The van der Waals surface area contributed by atoms with Crippen LogP contribution in [0, 0.1) is 0 Å². The molecule has 3 rings (SSSR count). The van der Waals surface area contributed by atoms with Gasteiger partial charge in [0.25, 0.3) is 5.91 Å². The van der Waals surface area contributed by atoms with Crippen molar-refractivity contribution in [3.63, 3.8) is 0 Å². The predicted octanol–water partition coefficient (Wildman–Crippen LogP) is 3.95. The molecule has 0 spiro atoms. The van der Waals surface area contributed by atoms with Crippen LogP contribution in [0.1, 0.15) is 30.4 Å². The average molecular weight is 330 g/mol. The second-order valence-electron chi connectivity index (χ2n) is 5.82. The highest BCUT2D eigenvalue weighted by atomic mass is 35.5. The van der Waals surface area contributed by atoms with Gasteiger partial charge in [0.05, 0.1) is 0 Å². The standard InChI is InChI=1S/C19H20ClNO2/c1-2-13(14-6-4-3-5-7-14)12-21-19(22)18-11-15-10-16(20)8-9-17(15)23-18/h3-10,13,18H,2,11-12H2,1H3,(H,21,22)/t13-,18+/m0/s1. The van der Waals surface area contributed by atoms with Crippen molar-refractivity contribution >= 4 is 17.5 Å². The summed E-state index contributed by atoms with van der Waals surface area (Å²) in [5.74, 6) is 1.01. The number of halogens is 1. The zero-order chi connectivity index (χ0) is 16.2. The van der Waals surface area contributed by atoms with Crippen LogP contribution in [-0.4, -0.2) is 18.6 Å². The van der Waals surface area contributed by atoms with E-state index in [1.807, 2.05) is 30.3 Å². The Morgan fingerprint density at radius 3 is 2.83 bits per heavy atom. The number of fused-ring (bicyclic) bond motifs is 1. The van der Waals surface area contributed by atoms with Crippen molar-refractivity contribution in [1.82, 2.24) is 5.32 Å². The number of hydrogen-bond donors (Lipinski definition) is 1. The van der Waals surface area contributed by atoms with Crippen LogP contribution in [0.25, 0.3) is 0 Å². The molecule has 1 N–H and O–H groups in total. The van der Waals surface area contributed by atoms with E-state index in [2.05, 4.69) is 24.4 Å². The molecule has 0 radical (unpaired) electrons. The van der Waals surface area contributed by atoms with E-state index in [9.17, 15) is 4.79 Å². The minimum Gasteiger partial charge on any atom is -0.480 e. The molecular formula is C19H20ClNO2. The molecule has 2 atom stereocenters. The summed E-state index contributed by atoms with van der Waals surface area (Å²) in [6.07, 6.45) is 1.09. The topological polar surface area (TPSA) is 38.3 Å². The van der Waals surface area contributed by atoms with E-state index in [0.717, 1.165) is 17.7 Å². The van der Waals surface area contributed by atoms with Crippen molar-refractivity contribution in [2.45, 2.75) is 31.8 Å². The maximum absolute atomic E-state index is 12.4. The molecule has 120 valence electrons. The molecule has 1 heterocycles. The quantitative estimate of drug-likeness (QED) is 0.902. The van der Waals surface area contributed by atoms with E-state index in [4.69, 9.17) is 16.3 Å². The lowest BCUT2D eigenvalue weighted by atomic mass is 9.96. The molecule has 0 saturated heterocycles. The van der Waals surface area contributed by atoms with Gasteiger partial charge in [0.2, 0.25) is 0 Å². The van der Waals surface area contributed by atoms with Crippen LogP contribution in [0.5, 0.6) is 5.75 Å². The monoisotopic (exact) mass is 329 g/mol. The summed E-state index contributed by atoms with van der Waals surface area (Å²) < 4.78 is 5.72. The molecule has 0 saturated carbocycles. The lowest BCUT2D eigenvalue weighted by molar-refractivity contribution is -0.127. The highest BCUT2D eigenvalue weighted by Crippen LogP contribution is 2.31. The zero-order valence-corrected chi connectivity index (χ0v) is 13.8. The fourth-order valence-corrected chi connectivity index (χ4v) is 3.12. The van der Waals surface area contributed by atoms with Gasteiger partial charge in [-0.1, -0.05) is 48.9 Å². The Bertz CT molecular complexity index is 687. The number of benzene rings is 2. The number of carbonyl (C=O) groups excluding carboxylic acids is 1. The first-order valence-electron chi connectivity index (χ1n) is 7.95. The molecule has 0 aliphatic carbocycles. The molecule has 0 aromatic heterocycles. The Labute approximate surface area is 141 Å². The van der Waals surface area contributed by atoms with Crippen molar-refractivity contribution in [3.8, 4) is 5.75 Å². The van der Waals surface area contributed by atoms with E-state index in [1.54, 1.807) is 6.07 Å². The summed E-state index contributed by atoms with van der Waals surface area (Å²) in [6.45, 7) is 2.75. The van der Waals surface area contributed by atoms with Crippen LogP contribution >= 0.6 is 11.6 Å². The van der Waals surface area contributed by atoms with Crippen molar-refractivity contribution in [2.75, 3.05) is 6.54 Å². The third-order valence-electron chi connectivity index (χ3n) is 4.28. The van der Waals surface area contributed by atoms with Gasteiger partial charge >= 0.3 is 0 Å². The second-order valence-corrected chi connectivity index (χ2v) is 6.26. The Balaban J connectivity index is 1.58. The molecule has 0 bridgehead atoms. The van der Waals surface area contributed by atoms with E-state index < -0.39 is 6.10 Å². The summed E-state index contributed by atoms with van der Waals surface area (Å²) in [5.41, 5.74) is 2.24. The van der Waals surface area contributed by atoms with E-state index in [1.165, 1.54) is 5.56 Å². The minimum atomic E-state index is -0.461. The largest absolute Gasteiger partial charge is 0.480 e. The van der Waals surface area contributed by atoms with Crippen molar-refractivity contribution in [3.05, 3.63) is 64.7 Å². The van der Waals surface area contributed by atoms with Crippen LogP contribution in [0.15, 0.2) is 48.5 Å². The molecule has 4 heteroatoms. The number of carbonyl (C=O) groups is 1. The Hall–Kier alpha value is -2.00. The summed E-state index contributed by atoms with van der Waals surface area (Å²) >= 11 is 5.98. The smallest absolute Gasteiger partial charge is 0.261 e. The highest BCUT2D eigenvalue weighted by molar-refractivity contribution is 6.30. The van der Waals surface area contributed by atoms with Gasteiger partial charge in [0.15, 0.2) is 6.10 Å². The Kier molecular flexibility index (Phi) is 4.87. The van der Waals surface area contributed by atoms with Crippen LogP contribution in [0.2, 0.25) is 5.02 Å². The van der Waals surface area contributed by atoms with Crippen LogP contribution in [0.3, 0.4) is 0 Å². The molecule has 23 heavy (non-hydrogen) atoms. The summed E-state index contributed by atoms with van der Waals surface area (Å²) in [4.78, 5) is 12.4. The first-order valence-corrected chi connectivity index (χ1v) is 8.33. The van der Waals surface area contributed by atoms with Crippen molar-refractivity contribution < 1.29 is 9.53 Å². The lowest BCUT2D eigenvalue weighted by Crippen LogP contribution is -2.39. The van der Waals surface area contributed by atoms with Gasteiger partial charge in [-0.05, 0) is 35.7 Å². The maximum Gasteiger partial charge on any atom is 0.261 e. The van der Waals surface area contributed by atoms with Crippen LogP contribution in [0.4, 0.5) is 0 Å². The maximum atomic E-state index is 12.4. The van der Waals surface area contributed by atoms with Gasteiger partial charge < -0.3 is 10.1 Å². The average Bonchev–Trinajstić information content (AvgIpc) is 2.99. The normalized spacial score (nSPS) is 17.2. The molecule has 0 fully saturated rings. The van der Waals surface area contributed by atoms with Crippen LogP contribution < -0.4 is 10.1 Å². The molecule has 2 aromatic carbocycles. The number of hydrogen-bond acceptors (Lipinski definition) is 2. The molecule has 0 unspecified atom stereocenters. The summed E-state index contributed by atoms with van der Waals surface area (Å²) in [7, 11) is 0. The molecule has 1 amide bonds. The molecule has 2 aromatic rings. The van der Waals surface area contributed by atoms with E-state index in [0.29, 0.717) is 23.9 Å². The van der Waals surface area contributed by atoms with Gasteiger partial charge in [-0.2, -0.15) is 0 Å². The summed E-state index contributed by atoms with van der Waals surface area (Å²) in [6, 6.07) is 15.7. The molecule has 3 nitrogen and oxygen atoms in total. The Morgan fingerprint density at radius 1 is 1.30 bits per heavy atom. The SMILES string of the molecule is CC[C@@H](CNC(=O)[C@H]1Cc2cc(Cl)ccc2O1)c1ccccc1. The third kappa shape index (κ3) is 3.67. The number of rotatable bonds is 5.